The van der Waals surface area contributed by atoms with Gasteiger partial charge in [0.2, 0.25) is 0 Å². The molecule has 0 radical (unpaired) electrons. The summed E-state index contributed by atoms with van der Waals surface area (Å²) in [6.07, 6.45) is 7.38. The minimum absolute atomic E-state index is 0.287. The van der Waals surface area contributed by atoms with Crippen LogP contribution >= 0.6 is 11.8 Å². The molecule has 0 saturated heterocycles. The molecule has 0 unspecified atom stereocenters. The molecule has 0 atom stereocenters. The number of carbonyl (C=O) groups is 1. The number of carbonyl (C=O) groups excluding carboxylic acids is 1. The molecule has 3 aromatic heterocycles. The number of hydrogen-bond acceptors (Lipinski definition) is 6. The zero-order valence-corrected chi connectivity index (χ0v) is 15.1. The average Bonchev–Trinajstić information content (AvgIpc) is 3.04. The highest BCUT2D eigenvalue weighted by Crippen LogP contribution is 2.26. The fourth-order valence-corrected chi connectivity index (χ4v) is 2.82. The van der Waals surface area contributed by atoms with Gasteiger partial charge in [-0.2, -0.15) is 0 Å². The van der Waals surface area contributed by atoms with E-state index in [0.29, 0.717) is 23.8 Å². The van der Waals surface area contributed by atoms with Crippen molar-refractivity contribution < 1.29 is 9.53 Å². The summed E-state index contributed by atoms with van der Waals surface area (Å²) < 4.78 is 5.02. The first-order valence-corrected chi connectivity index (χ1v) is 9.04. The Kier molecular flexibility index (Phi) is 5.14. The summed E-state index contributed by atoms with van der Waals surface area (Å²) in [7, 11) is 0. The minimum atomic E-state index is -0.435. The lowest BCUT2D eigenvalue weighted by atomic mass is 10.1. The number of esters is 1. The standard InChI is InChI=1S/C18H18N4O2S/c1-4-24-18(23)16-11(2)21-17(22-16)15-8-12(5-6-20-15)13-7-14(25-3)10-19-9-13/h5-10H,4H2,1-3H3,(H,21,22). The Morgan fingerprint density at radius 2 is 2.12 bits per heavy atom. The number of aryl methyl sites for hydroxylation is 1. The summed E-state index contributed by atoms with van der Waals surface area (Å²) in [5, 5.41) is 0. The molecule has 0 aliphatic heterocycles. The highest BCUT2D eigenvalue weighted by atomic mass is 32.2. The number of pyridine rings is 2. The van der Waals surface area contributed by atoms with E-state index in [0.717, 1.165) is 16.0 Å². The maximum Gasteiger partial charge on any atom is 0.358 e. The lowest BCUT2D eigenvalue weighted by Crippen LogP contribution is -2.06. The fourth-order valence-electron chi connectivity index (χ4n) is 2.41. The van der Waals surface area contributed by atoms with Gasteiger partial charge >= 0.3 is 5.97 Å². The molecule has 0 aliphatic rings. The quantitative estimate of drug-likeness (QED) is 0.555. The maximum atomic E-state index is 11.9. The summed E-state index contributed by atoms with van der Waals surface area (Å²) in [6.45, 7) is 3.87. The monoisotopic (exact) mass is 354 g/mol. The number of hydrogen-bond donors (Lipinski definition) is 1. The van der Waals surface area contributed by atoms with Crippen LogP contribution in [0.4, 0.5) is 0 Å². The van der Waals surface area contributed by atoms with Crippen LogP contribution in [-0.4, -0.2) is 38.8 Å². The van der Waals surface area contributed by atoms with Crippen LogP contribution in [0.1, 0.15) is 23.1 Å². The van der Waals surface area contributed by atoms with E-state index in [4.69, 9.17) is 4.74 Å². The third kappa shape index (κ3) is 3.71. The Bertz CT molecular complexity index is 908. The van der Waals surface area contributed by atoms with Gasteiger partial charge in [-0.05, 0) is 43.9 Å². The molecule has 3 heterocycles. The highest BCUT2D eigenvalue weighted by Gasteiger charge is 2.17. The molecule has 0 aliphatic carbocycles. The van der Waals surface area contributed by atoms with E-state index in [9.17, 15) is 4.79 Å². The normalized spacial score (nSPS) is 10.7. The summed E-state index contributed by atoms with van der Waals surface area (Å²) in [4.78, 5) is 29.1. The molecular weight excluding hydrogens is 336 g/mol. The van der Waals surface area contributed by atoms with Gasteiger partial charge in [-0.15, -0.1) is 11.8 Å². The molecule has 0 spiro atoms. The summed E-state index contributed by atoms with van der Waals surface area (Å²) in [5.74, 6) is 0.104. The zero-order chi connectivity index (χ0) is 17.8. The largest absolute Gasteiger partial charge is 0.461 e. The molecule has 6 nitrogen and oxygen atoms in total. The van der Waals surface area contributed by atoms with E-state index >= 15 is 0 Å². The van der Waals surface area contributed by atoms with Crippen LogP contribution in [0.3, 0.4) is 0 Å². The van der Waals surface area contributed by atoms with Crippen molar-refractivity contribution in [3.8, 4) is 22.6 Å². The third-order valence-electron chi connectivity index (χ3n) is 3.64. The van der Waals surface area contributed by atoms with Crippen LogP contribution in [-0.2, 0) is 4.74 Å². The van der Waals surface area contributed by atoms with Gasteiger partial charge in [0.25, 0.3) is 0 Å². The predicted molar refractivity (Wildman–Crippen MR) is 97.5 cm³/mol. The summed E-state index contributed by atoms with van der Waals surface area (Å²) >= 11 is 1.64. The molecule has 0 saturated carbocycles. The summed E-state index contributed by atoms with van der Waals surface area (Å²) in [6, 6.07) is 5.93. The first kappa shape index (κ1) is 17.2. The number of H-pyrrole nitrogens is 1. The van der Waals surface area contributed by atoms with Gasteiger partial charge in [0.15, 0.2) is 11.5 Å². The van der Waals surface area contributed by atoms with Crippen molar-refractivity contribution in [1.29, 1.82) is 0 Å². The first-order chi connectivity index (χ1) is 12.1. The molecule has 3 aromatic rings. The van der Waals surface area contributed by atoms with Crippen molar-refractivity contribution >= 4 is 17.7 Å². The van der Waals surface area contributed by atoms with Crippen LogP contribution in [0.15, 0.2) is 41.7 Å². The Hall–Kier alpha value is -2.67. The number of aromatic nitrogens is 4. The van der Waals surface area contributed by atoms with Crippen LogP contribution < -0.4 is 0 Å². The second kappa shape index (κ2) is 7.48. The lowest BCUT2D eigenvalue weighted by Gasteiger charge is -2.04. The number of aromatic amines is 1. The van der Waals surface area contributed by atoms with Crippen LogP contribution in [0.5, 0.6) is 0 Å². The topological polar surface area (TPSA) is 80.8 Å². The second-order valence-corrected chi connectivity index (χ2v) is 6.20. The van der Waals surface area contributed by atoms with Crippen molar-refractivity contribution in [3.63, 3.8) is 0 Å². The Balaban J connectivity index is 1.97. The fraction of sp³-hybridized carbons (Fsp3) is 0.222. The summed E-state index contributed by atoms with van der Waals surface area (Å²) in [5.41, 5.74) is 3.59. The smallest absolute Gasteiger partial charge is 0.358 e. The number of rotatable bonds is 5. The number of thioether (sulfide) groups is 1. The predicted octanol–water partition coefficient (Wildman–Crippen LogP) is 3.74. The van der Waals surface area contributed by atoms with E-state index in [1.807, 2.05) is 30.8 Å². The van der Waals surface area contributed by atoms with Gasteiger partial charge in [0, 0.05) is 34.7 Å². The van der Waals surface area contributed by atoms with Gasteiger partial charge in [-0.25, -0.2) is 9.78 Å². The molecule has 0 bridgehead atoms. The van der Waals surface area contributed by atoms with Crippen LogP contribution in [0.2, 0.25) is 0 Å². The van der Waals surface area contributed by atoms with Gasteiger partial charge < -0.3 is 9.72 Å². The van der Waals surface area contributed by atoms with Crippen LogP contribution in [0.25, 0.3) is 22.6 Å². The Labute approximate surface area is 150 Å². The molecule has 7 heteroatoms. The van der Waals surface area contributed by atoms with Gasteiger partial charge in [-0.1, -0.05) is 0 Å². The van der Waals surface area contributed by atoms with Gasteiger partial charge in [0.05, 0.1) is 6.61 Å². The lowest BCUT2D eigenvalue weighted by molar-refractivity contribution is 0.0519. The van der Waals surface area contributed by atoms with Gasteiger partial charge in [0.1, 0.15) is 5.69 Å². The van der Waals surface area contributed by atoms with E-state index in [-0.39, 0.29) is 5.69 Å². The maximum absolute atomic E-state index is 11.9. The number of nitrogens with one attached hydrogen (secondary N) is 1. The van der Waals surface area contributed by atoms with E-state index < -0.39 is 5.97 Å². The van der Waals surface area contributed by atoms with Crippen molar-refractivity contribution in [3.05, 3.63) is 48.2 Å². The molecule has 3 rings (SSSR count). The number of nitrogens with zero attached hydrogens (tertiary/aromatic N) is 3. The molecule has 0 aromatic carbocycles. The van der Waals surface area contributed by atoms with Crippen molar-refractivity contribution in [2.24, 2.45) is 0 Å². The van der Waals surface area contributed by atoms with Crippen LogP contribution in [0, 0.1) is 6.92 Å². The SMILES string of the molecule is CCOC(=O)c1nc(-c2cc(-c3cncc(SC)c3)ccn2)[nH]c1C. The first-order valence-electron chi connectivity index (χ1n) is 7.82. The Morgan fingerprint density at radius 1 is 1.28 bits per heavy atom. The molecule has 128 valence electrons. The highest BCUT2D eigenvalue weighted by molar-refractivity contribution is 7.98. The molecule has 0 amide bonds. The molecule has 0 fully saturated rings. The average molecular weight is 354 g/mol. The van der Waals surface area contributed by atoms with E-state index in [1.165, 1.54) is 0 Å². The van der Waals surface area contributed by atoms with Crippen molar-refractivity contribution in [2.45, 2.75) is 18.7 Å². The minimum Gasteiger partial charge on any atom is -0.461 e. The van der Waals surface area contributed by atoms with E-state index in [2.05, 4.69) is 26.0 Å². The van der Waals surface area contributed by atoms with Gasteiger partial charge in [-0.3, -0.25) is 9.97 Å². The van der Waals surface area contributed by atoms with E-state index in [1.54, 1.807) is 31.8 Å². The third-order valence-corrected chi connectivity index (χ3v) is 4.33. The van der Waals surface area contributed by atoms with Crippen molar-refractivity contribution in [1.82, 2.24) is 19.9 Å². The number of imidazole rings is 1. The molecule has 1 N–H and O–H groups in total. The second-order valence-electron chi connectivity index (χ2n) is 5.32. The Morgan fingerprint density at radius 3 is 2.88 bits per heavy atom. The molecule has 25 heavy (non-hydrogen) atoms. The molecular formula is C18H18N4O2S. The van der Waals surface area contributed by atoms with Crippen molar-refractivity contribution in [2.75, 3.05) is 12.9 Å². The number of ether oxygens (including phenoxy) is 1. The zero-order valence-electron chi connectivity index (χ0n) is 14.2.